The second-order valence-electron chi connectivity index (χ2n) is 7.76. The fourth-order valence-electron chi connectivity index (χ4n) is 4.59. The third-order valence-electron chi connectivity index (χ3n) is 5.87. The molecule has 3 saturated heterocycles. The molecule has 0 aromatic heterocycles. The van der Waals surface area contributed by atoms with Crippen LogP contribution in [0.5, 0.6) is 5.75 Å². The van der Waals surface area contributed by atoms with Crippen LogP contribution in [-0.4, -0.2) is 69.7 Å². The van der Waals surface area contributed by atoms with Gasteiger partial charge in [0, 0.05) is 35.7 Å². The number of nitrogens with zero attached hydrogens (tertiary/aromatic N) is 2. The third-order valence-corrected chi connectivity index (χ3v) is 7.68. The molecule has 0 N–H and O–H groups in total. The van der Waals surface area contributed by atoms with Crippen molar-refractivity contribution in [1.29, 1.82) is 0 Å². The molecule has 4 aliphatic heterocycles. The Balaban J connectivity index is 1.44. The van der Waals surface area contributed by atoms with E-state index in [0.717, 1.165) is 30.6 Å². The average Bonchev–Trinajstić information content (AvgIpc) is 3.11. The highest BCUT2D eigenvalue weighted by molar-refractivity contribution is 7.99. The number of benzene rings is 1. The van der Waals surface area contributed by atoms with Gasteiger partial charge in [-0.25, -0.2) is 9.18 Å². The number of hydrogen-bond acceptors (Lipinski definition) is 8. The van der Waals surface area contributed by atoms with Crippen LogP contribution in [0.2, 0.25) is 0 Å². The van der Waals surface area contributed by atoms with Crippen molar-refractivity contribution in [3.8, 4) is 5.75 Å². The first-order valence-electron chi connectivity index (χ1n) is 9.48. The fourth-order valence-corrected chi connectivity index (χ4v) is 6.31. The molecule has 158 valence electrons. The number of halogens is 1. The van der Waals surface area contributed by atoms with E-state index in [1.165, 1.54) is 11.0 Å². The Morgan fingerprint density at radius 3 is 2.66 bits per heavy atom. The molecule has 3 fully saturated rings. The summed E-state index contributed by atoms with van der Waals surface area (Å²) in [5.74, 6) is 1.99. The van der Waals surface area contributed by atoms with E-state index in [9.17, 15) is 13.2 Å². The average molecular weight is 445 g/mol. The van der Waals surface area contributed by atoms with Crippen molar-refractivity contribution in [3.05, 3.63) is 17.9 Å². The van der Waals surface area contributed by atoms with Crippen LogP contribution in [0.4, 0.5) is 20.6 Å². The summed E-state index contributed by atoms with van der Waals surface area (Å²) in [5.41, 5.74) is 0.813. The first-order valence-corrected chi connectivity index (χ1v) is 12.5. The van der Waals surface area contributed by atoms with E-state index in [-0.39, 0.29) is 13.2 Å². The van der Waals surface area contributed by atoms with Crippen molar-refractivity contribution in [3.63, 3.8) is 0 Å². The maximum Gasteiger partial charge on any atom is 0.415 e. The van der Waals surface area contributed by atoms with E-state index in [1.807, 2.05) is 11.8 Å². The van der Waals surface area contributed by atoms with Gasteiger partial charge in [0.25, 0.3) is 10.1 Å². The molecule has 1 aromatic rings. The zero-order chi connectivity index (χ0) is 20.3. The Hall–Kier alpha value is -1.72. The minimum absolute atomic E-state index is 0.115. The molecular formula is C18H21FN2O6S2. The highest BCUT2D eigenvalue weighted by Gasteiger charge is 2.48. The van der Waals surface area contributed by atoms with Gasteiger partial charge in [-0.3, -0.25) is 9.08 Å². The number of ether oxygens (including phenoxy) is 2. The molecule has 0 saturated carbocycles. The molecule has 0 aliphatic carbocycles. The summed E-state index contributed by atoms with van der Waals surface area (Å²) in [6, 6.07) is 3.05. The number of cyclic esters (lactones) is 1. The third kappa shape index (κ3) is 3.32. The van der Waals surface area contributed by atoms with Crippen LogP contribution in [0.1, 0.15) is 12.8 Å². The van der Waals surface area contributed by atoms with E-state index in [4.69, 9.17) is 13.7 Å². The highest BCUT2D eigenvalue weighted by atomic mass is 32.2. The summed E-state index contributed by atoms with van der Waals surface area (Å²) >= 11 is 1.91. The van der Waals surface area contributed by atoms with E-state index in [0.29, 0.717) is 29.2 Å². The topological polar surface area (TPSA) is 85.4 Å². The van der Waals surface area contributed by atoms with E-state index in [1.54, 1.807) is 6.07 Å². The fraction of sp³-hybridized carbons (Fsp3) is 0.611. The number of hydrogen-bond donors (Lipinski definition) is 0. The molecule has 11 heteroatoms. The highest BCUT2D eigenvalue weighted by Crippen LogP contribution is 2.45. The summed E-state index contributed by atoms with van der Waals surface area (Å²) in [7, 11) is -3.67. The zero-order valence-corrected chi connectivity index (χ0v) is 17.4. The minimum Gasteiger partial charge on any atom is -0.489 e. The van der Waals surface area contributed by atoms with Gasteiger partial charge >= 0.3 is 6.09 Å². The molecule has 8 nitrogen and oxygen atoms in total. The van der Waals surface area contributed by atoms with Crippen molar-refractivity contribution in [2.75, 3.05) is 40.8 Å². The van der Waals surface area contributed by atoms with Crippen LogP contribution in [0.3, 0.4) is 0 Å². The largest absolute Gasteiger partial charge is 0.489 e. The summed E-state index contributed by atoms with van der Waals surface area (Å²) in [4.78, 5) is 15.9. The van der Waals surface area contributed by atoms with Crippen LogP contribution in [0, 0.1) is 5.82 Å². The van der Waals surface area contributed by atoms with Gasteiger partial charge in [0.1, 0.15) is 30.8 Å². The lowest BCUT2D eigenvalue weighted by Crippen LogP contribution is -2.46. The van der Waals surface area contributed by atoms with E-state index >= 15 is 4.39 Å². The molecule has 0 spiro atoms. The smallest absolute Gasteiger partial charge is 0.415 e. The van der Waals surface area contributed by atoms with Crippen LogP contribution in [0.15, 0.2) is 12.1 Å². The predicted octanol–water partition coefficient (Wildman–Crippen LogP) is 1.97. The normalized spacial score (nSPS) is 30.6. The van der Waals surface area contributed by atoms with Crippen molar-refractivity contribution < 1.29 is 31.3 Å². The Labute approximate surface area is 172 Å². The van der Waals surface area contributed by atoms with Crippen LogP contribution >= 0.6 is 11.8 Å². The zero-order valence-electron chi connectivity index (χ0n) is 15.7. The monoisotopic (exact) mass is 444 g/mol. The van der Waals surface area contributed by atoms with Crippen molar-refractivity contribution in [1.82, 2.24) is 0 Å². The standard InChI is InChI=1S/C18H21FN2O6S2/c1-29(23,24)26-7-17-15-6-25-16-5-13(20-10-2-3-11(20)9-28-8-10)12(19)4-14(16)21(15)18(22)27-17/h4-5,10-11,15,17H,2-3,6-9H2,1H3/t10?,11?,15-,17-/m0/s1. The van der Waals surface area contributed by atoms with E-state index < -0.39 is 34.2 Å². The molecule has 2 unspecified atom stereocenters. The number of carbonyl (C=O) groups excluding carboxylic acids is 1. The second-order valence-corrected chi connectivity index (χ2v) is 10.5. The minimum atomic E-state index is -3.67. The lowest BCUT2D eigenvalue weighted by molar-refractivity contribution is 0.0844. The molecule has 4 atom stereocenters. The summed E-state index contributed by atoms with van der Waals surface area (Å²) in [6.07, 6.45) is 1.55. The first-order chi connectivity index (χ1) is 13.8. The Morgan fingerprint density at radius 2 is 1.97 bits per heavy atom. The Morgan fingerprint density at radius 1 is 1.24 bits per heavy atom. The van der Waals surface area contributed by atoms with Crippen LogP contribution in [-0.2, 0) is 19.0 Å². The van der Waals surface area contributed by atoms with Crippen LogP contribution in [0.25, 0.3) is 0 Å². The molecule has 4 heterocycles. The first kappa shape index (κ1) is 19.3. The van der Waals surface area contributed by atoms with Gasteiger partial charge in [0.05, 0.1) is 17.6 Å². The number of fused-ring (bicyclic) bond motifs is 5. The van der Waals surface area contributed by atoms with Gasteiger partial charge in [-0.2, -0.15) is 20.2 Å². The van der Waals surface area contributed by atoms with Gasteiger partial charge in [-0.05, 0) is 12.8 Å². The predicted molar refractivity (Wildman–Crippen MR) is 106 cm³/mol. The summed E-state index contributed by atoms with van der Waals surface area (Å²) in [6.45, 7) is -0.190. The lowest BCUT2D eigenvalue weighted by atomic mass is 10.1. The van der Waals surface area contributed by atoms with Crippen molar-refractivity contribution in [2.45, 2.75) is 37.1 Å². The molecule has 2 bridgehead atoms. The maximum absolute atomic E-state index is 15.1. The van der Waals surface area contributed by atoms with Gasteiger partial charge < -0.3 is 14.4 Å². The molecule has 0 radical (unpaired) electrons. The molecule has 1 amide bonds. The van der Waals surface area contributed by atoms with Crippen molar-refractivity contribution in [2.24, 2.45) is 0 Å². The Bertz CT molecular complexity index is 942. The quantitative estimate of drug-likeness (QED) is 0.652. The number of amides is 1. The molecular weight excluding hydrogens is 423 g/mol. The number of anilines is 2. The summed E-state index contributed by atoms with van der Waals surface area (Å²) in [5, 5.41) is 0. The molecule has 29 heavy (non-hydrogen) atoms. The molecule has 4 aliphatic rings. The lowest BCUT2D eigenvalue weighted by Gasteiger charge is -2.38. The summed E-state index contributed by atoms with van der Waals surface area (Å²) < 4.78 is 53.5. The molecule has 5 rings (SSSR count). The number of carbonyl (C=O) groups is 1. The van der Waals surface area contributed by atoms with Gasteiger partial charge in [-0.15, -0.1) is 0 Å². The van der Waals surface area contributed by atoms with E-state index in [2.05, 4.69) is 4.90 Å². The van der Waals surface area contributed by atoms with Crippen molar-refractivity contribution >= 4 is 39.3 Å². The molecule has 1 aromatic carbocycles. The Kier molecular flexibility index (Phi) is 4.59. The number of thioether (sulfide) groups is 1. The van der Waals surface area contributed by atoms with Crippen LogP contribution < -0.4 is 14.5 Å². The second kappa shape index (κ2) is 6.92. The van der Waals surface area contributed by atoms with Gasteiger partial charge in [0.2, 0.25) is 0 Å². The maximum atomic E-state index is 15.1. The SMILES string of the molecule is CS(=O)(=O)OC[C@@H]1OC(=O)N2c3cc(F)c(N4C5CCC4CSC5)cc3OC[C@@H]12. The van der Waals surface area contributed by atoms with Gasteiger partial charge in [-0.1, -0.05) is 0 Å². The number of rotatable bonds is 4. The van der Waals surface area contributed by atoms with Gasteiger partial charge in [0.15, 0.2) is 6.10 Å².